The van der Waals surface area contributed by atoms with Crippen LogP contribution in [0.3, 0.4) is 0 Å². The van der Waals surface area contributed by atoms with E-state index in [9.17, 15) is 23.3 Å². The topological polar surface area (TPSA) is 113 Å². The smallest absolute Gasteiger partial charge is 0.270 e. The third-order valence-corrected chi connectivity index (χ3v) is 11.0. The number of unbranched alkanes of at least 4 members (excludes halogenated alkanes) is 1. The number of hydrogen-bond acceptors (Lipinski definition) is 7. The zero-order valence-corrected chi connectivity index (χ0v) is 26.9. The SMILES string of the molecule is CCCCSc1ccc(-c2nn(-c3ccccc3)cc2/C=C2\C(=O)N(C3CCS(=O)(=O)C3)C(=O)C(C#N)=C2c2ccccc2)cc1. The molecule has 10 heteroatoms. The summed E-state index contributed by atoms with van der Waals surface area (Å²) in [5.74, 6) is -0.818. The number of imide groups is 1. The molecule has 0 radical (unpaired) electrons. The Labute approximate surface area is 273 Å². The second-order valence-electron chi connectivity index (χ2n) is 11.3. The number of carbonyl (C=O) groups excluding carboxylic acids is 2. The van der Waals surface area contributed by atoms with Crippen molar-refractivity contribution in [2.45, 2.75) is 37.1 Å². The molecule has 8 nitrogen and oxygen atoms in total. The first-order valence-corrected chi connectivity index (χ1v) is 18.0. The quantitative estimate of drug-likeness (QED) is 0.0900. The van der Waals surface area contributed by atoms with E-state index < -0.39 is 27.7 Å². The Morgan fingerprint density at radius 2 is 1.65 bits per heavy atom. The third kappa shape index (κ3) is 6.34. The van der Waals surface area contributed by atoms with Crippen molar-refractivity contribution >= 4 is 45.1 Å². The van der Waals surface area contributed by atoms with Gasteiger partial charge in [-0.3, -0.25) is 14.5 Å². The Hall–Kier alpha value is -4.72. The molecule has 2 aliphatic rings. The molecule has 3 aromatic carbocycles. The van der Waals surface area contributed by atoms with Crippen LogP contribution in [0.25, 0.3) is 28.6 Å². The fraction of sp³-hybridized carbons (Fsp3) is 0.222. The monoisotopic (exact) mass is 648 g/mol. The van der Waals surface area contributed by atoms with Gasteiger partial charge in [0.1, 0.15) is 11.6 Å². The van der Waals surface area contributed by atoms with Crippen molar-refractivity contribution in [3.05, 3.63) is 113 Å². The minimum Gasteiger partial charge on any atom is -0.270 e. The highest BCUT2D eigenvalue weighted by Crippen LogP contribution is 2.38. The number of rotatable bonds is 9. The maximum Gasteiger partial charge on any atom is 0.272 e. The summed E-state index contributed by atoms with van der Waals surface area (Å²) in [6, 6.07) is 27.8. The van der Waals surface area contributed by atoms with Crippen LogP contribution < -0.4 is 0 Å². The van der Waals surface area contributed by atoms with E-state index in [2.05, 4.69) is 19.1 Å². The molecule has 2 aliphatic heterocycles. The fourth-order valence-electron chi connectivity index (χ4n) is 5.77. The average Bonchev–Trinajstić information content (AvgIpc) is 3.66. The van der Waals surface area contributed by atoms with Crippen molar-refractivity contribution in [3.63, 3.8) is 0 Å². The number of thioether (sulfide) groups is 1. The highest BCUT2D eigenvalue weighted by atomic mass is 32.2. The predicted octanol–water partition coefficient (Wildman–Crippen LogP) is 6.35. The van der Waals surface area contributed by atoms with Crippen LogP contribution in [0.4, 0.5) is 0 Å². The summed E-state index contributed by atoms with van der Waals surface area (Å²) < 4.78 is 26.5. The number of amides is 2. The van der Waals surface area contributed by atoms with Crippen LogP contribution in [0, 0.1) is 11.3 Å². The number of aromatic nitrogens is 2. The normalized spacial score (nSPS) is 18.7. The van der Waals surface area contributed by atoms with Crippen molar-refractivity contribution in [1.29, 1.82) is 5.26 Å². The van der Waals surface area contributed by atoms with Gasteiger partial charge >= 0.3 is 0 Å². The Morgan fingerprint density at radius 1 is 0.957 bits per heavy atom. The number of carbonyl (C=O) groups is 2. The predicted molar refractivity (Wildman–Crippen MR) is 180 cm³/mol. The summed E-state index contributed by atoms with van der Waals surface area (Å²) in [4.78, 5) is 30.2. The van der Waals surface area contributed by atoms with Gasteiger partial charge < -0.3 is 0 Å². The molecule has 0 bridgehead atoms. The van der Waals surface area contributed by atoms with Crippen LogP contribution in [-0.2, 0) is 19.4 Å². The number of nitrogens with zero attached hydrogens (tertiary/aromatic N) is 4. The van der Waals surface area contributed by atoms with E-state index in [-0.39, 0.29) is 34.6 Å². The molecule has 232 valence electrons. The van der Waals surface area contributed by atoms with E-state index in [0.29, 0.717) is 16.8 Å². The van der Waals surface area contributed by atoms with Crippen molar-refractivity contribution < 1.29 is 18.0 Å². The zero-order chi connectivity index (χ0) is 32.3. The van der Waals surface area contributed by atoms with Gasteiger partial charge in [0.05, 0.1) is 34.5 Å². The summed E-state index contributed by atoms with van der Waals surface area (Å²) in [6.07, 6.45) is 5.90. The second-order valence-corrected chi connectivity index (χ2v) is 14.7. The Bertz CT molecular complexity index is 1990. The van der Waals surface area contributed by atoms with Gasteiger partial charge in [0.2, 0.25) is 0 Å². The first kappa shape index (κ1) is 31.3. The molecule has 1 unspecified atom stereocenters. The van der Waals surface area contributed by atoms with Gasteiger partial charge in [0.25, 0.3) is 11.8 Å². The first-order chi connectivity index (χ1) is 22.3. The van der Waals surface area contributed by atoms with E-state index in [1.165, 1.54) is 0 Å². The molecule has 0 aliphatic carbocycles. The molecule has 6 rings (SSSR count). The standard InChI is InChI=1S/C36H32N4O4S2/c1-2-3-19-45-30-16-14-26(15-17-30)34-27(23-39(38-34)28-12-8-5-9-13-28)21-31-33(25-10-6-4-7-11-25)32(22-37)36(42)40(35(31)41)29-18-20-46(43,44)24-29/h4-17,21,23,29H,2-3,18-20,24H2,1H3/b31-21-. The van der Waals surface area contributed by atoms with E-state index in [0.717, 1.165) is 39.6 Å². The second kappa shape index (κ2) is 13.3. The number of benzene rings is 3. The van der Waals surface area contributed by atoms with Gasteiger partial charge in [-0.2, -0.15) is 10.4 Å². The van der Waals surface area contributed by atoms with Gasteiger partial charge in [0, 0.05) is 27.8 Å². The molecule has 2 amide bonds. The molecule has 0 spiro atoms. The summed E-state index contributed by atoms with van der Waals surface area (Å²) in [5, 5.41) is 15.2. The maximum absolute atomic E-state index is 14.3. The lowest BCUT2D eigenvalue weighted by Gasteiger charge is -2.32. The average molecular weight is 649 g/mol. The molecule has 46 heavy (non-hydrogen) atoms. The van der Waals surface area contributed by atoms with Crippen molar-refractivity contribution in [3.8, 4) is 23.0 Å². The van der Waals surface area contributed by atoms with Crippen LogP contribution in [0.1, 0.15) is 37.3 Å². The third-order valence-electron chi connectivity index (χ3n) is 8.11. The largest absolute Gasteiger partial charge is 0.272 e. The molecule has 3 heterocycles. The number of hydrogen-bond donors (Lipinski definition) is 0. The molecule has 4 aromatic rings. The van der Waals surface area contributed by atoms with E-state index in [1.54, 1.807) is 46.8 Å². The van der Waals surface area contributed by atoms with E-state index >= 15 is 0 Å². The van der Waals surface area contributed by atoms with Gasteiger partial charge in [0.15, 0.2) is 9.84 Å². The first-order valence-electron chi connectivity index (χ1n) is 15.2. The molecule has 0 saturated carbocycles. The van der Waals surface area contributed by atoms with E-state index in [1.807, 2.05) is 60.8 Å². The number of nitriles is 1. The molecule has 1 aromatic heterocycles. The number of sulfone groups is 1. The van der Waals surface area contributed by atoms with Gasteiger partial charge in [-0.1, -0.05) is 74.0 Å². The minimum atomic E-state index is -3.42. The molecule has 0 N–H and O–H groups in total. The van der Waals surface area contributed by atoms with Crippen LogP contribution in [-0.4, -0.2) is 58.2 Å². The molecular weight excluding hydrogens is 617 g/mol. The molecular formula is C36H32N4O4S2. The van der Waals surface area contributed by atoms with Crippen LogP contribution in [0.2, 0.25) is 0 Å². The van der Waals surface area contributed by atoms with Crippen molar-refractivity contribution in [1.82, 2.24) is 14.7 Å². The molecule has 1 fully saturated rings. The highest BCUT2D eigenvalue weighted by Gasteiger charge is 2.45. The summed E-state index contributed by atoms with van der Waals surface area (Å²) >= 11 is 1.80. The van der Waals surface area contributed by atoms with Crippen molar-refractivity contribution in [2.24, 2.45) is 0 Å². The van der Waals surface area contributed by atoms with Gasteiger partial charge in [-0.25, -0.2) is 13.1 Å². The lowest BCUT2D eigenvalue weighted by Crippen LogP contribution is -2.49. The Kier molecular flexibility index (Phi) is 9.06. The Morgan fingerprint density at radius 3 is 2.28 bits per heavy atom. The highest BCUT2D eigenvalue weighted by molar-refractivity contribution is 7.99. The van der Waals surface area contributed by atoms with Gasteiger partial charge in [-0.05, 0) is 54.5 Å². The summed E-state index contributed by atoms with van der Waals surface area (Å²) in [5.41, 5.74) is 3.57. The lowest BCUT2D eigenvalue weighted by atomic mass is 9.86. The minimum absolute atomic E-state index is 0.119. The maximum atomic E-state index is 14.3. The summed E-state index contributed by atoms with van der Waals surface area (Å²) in [7, 11) is -3.42. The molecule has 1 saturated heterocycles. The zero-order valence-electron chi connectivity index (χ0n) is 25.3. The van der Waals surface area contributed by atoms with Crippen LogP contribution >= 0.6 is 11.8 Å². The van der Waals surface area contributed by atoms with Crippen LogP contribution in [0.15, 0.2) is 107 Å². The Balaban J connectivity index is 1.53. The van der Waals surface area contributed by atoms with Gasteiger partial charge in [-0.15, -0.1) is 11.8 Å². The lowest BCUT2D eigenvalue weighted by molar-refractivity contribution is -0.142. The van der Waals surface area contributed by atoms with Crippen LogP contribution in [0.5, 0.6) is 0 Å². The molecule has 1 atom stereocenters. The fourth-order valence-corrected chi connectivity index (χ4v) is 8.47. The number of para-hydroxylation sites is 1. The van der Waals surface area contributed by atoms with Crippen molar-refractivity contribution in [2.75, 3.05) is 17.3 Å². The van der Waals surface area contributed by atoms with E-state index in [4.69, 9.17) is 5.10 Å². The summed E-state index contributed by atoms with van der Waals surface area (Å²) in [6.45, 7) is 2.17.